The van der Waals surface area contributed by atoms with Crippen LogP contribution >= 0.6 is 0 Å². The number of nitrogens with zero attached hydrogens (tertiary/aromatic N) is 7. The van der Waals surface area contributed by atoms with Crippen molar-refractivity contribution in [2.24, 2.45) is 17.8 Å². The summed E-state index contributed by atoms with van der Waals surface area (Å²) in [5.41, 5.74) is -2.66. The van der Waals surface area contributed by atoms with Gasteiger partial charge in [-0.1, -0.05) is 38.1 Å². The number of rotatable bonds is 15. The Morgan fingerprint density at radius 1 is 0.986 bits per heavy atom. The first-order valence-electron chi connectivity index (χ1n) is 26.8. The van der Waals surface area contributed by atoms with Crippen LogP contribution in [-0.4, -0.2) is 203 Å². The summed E-state index contributed by atoms with van der Waals surface area (Å²) in [5.74, 6) is -2.80. The van der Waals surface area contributed by atoms with Crippen LogP contribution in [0, 0.1) is 27.9 Å². The molecule has 19 atom stereocenters. The van der Waals surface area contributed by atoms with E-state index in [9.17, 15) is 40.4 Å². The molecule has 0 radical (unpaired) electrons. The highest BCUT2D eigenvalue weighted by atomic mass is 16.7. The second-order valence-electron chi connectivity index (χ2n) is 23.1. The Morgan fingerprint density at radius 3 is 2.32 bits per heavy atom. The molecule has 0 saturated carbocycles. The highest BCUT2D eigenvalue weighted by Gasteiger charge is 2.53. The summed E-state index contributed by atoms with van der Waals surface area (Å²) in [5, 5.41) is 79.9. The molecule has 4 saturated heterocycles. The van der Waals surface area contributed by atoms with Gasteiger partial charge in [0.1, 0.15) is 30.0 Å². The molecule has 0 bridgehead atoms. The number of carbonyl (C=O) groups is 1. The van der Waals surface area contributed by atoms with Crippen molar-refractivity contribution < 1.29 is 63.7 Å². The average molecular weight is 1050 g/mol. The van der Waals surface area contributed by atoms with Gasteiger partial charge in [-0.15, -0.1) is 5.10 Å². The quantitative estimate of drug-likeness (QED) is 0.0969. The van der Waals surface area contributed by atoms with Gasteiger partial charge >= 0.3 is 5.97 Å². The van der Waals surface area contributed by atoms with Crippen molar-refractivity contribution in [3.05, 3.63) is 51.8 Å². The lowest BCUT2D eigenvalue weighted by Gasteiger charge is -2.49. The van der Waals surface area contributed by atoms with Crippen LogP contribution in [0.15, 0.2) is 30.5 Å². The molecule has 74 heavy (non-hydrogen) atoms. The first-order chi connectivity index (χ1) is 34.7. The molecule has 6 rings (SSSR count). The lowest BCUT2D eigenvalue weighted by atomic mass is 9.77. The second-order valence-corrected chi connectivity index (χ2v) is 23.1. The third kappa shape index (κ3) is 14.1. The van der Waals surface area contributed by atoms with Gasteiger partial charge in [-0.05, 0) is 113 Å². The molecule has 1 aromatic heterocycles. The van der Waals surface area contributed by atoms with Gasteiger partial charge in [-0.2, -0.15) is 0 Å². The normalized spacial score (nSPS) is 40.7. The molecule has 0 aliphatic carbocycles. The van der Waals surface area contributed by atoms with E-state index in [1.54, 1.807) is 53.7 Å². The number of cyclic esters (lactones) is 1. The summed E-state index contributed by atoms with van der Waals surface area (Å²) < 4.78 is 40.2. The fourth-order valence-electron chi connectivity index (χ4n) is 12.1. The van der Waals surface area contributed by atoms with Crippen molar-refractivity contribution in [2.75, 3.05) is 40.8 Å². The largest absolute Gasteiger partial charge is 0.459 e. The maximum absolute atomic E-state index is 14.5. The third-order valence-corrected chi connectivity index (χ3v) is 16.8. The van der Waals surface area contributed by atoms with Crippen molar-refractivity contribution >= 4 is 11.7 Å². The van der Waals surface area contributed by atoms with Crippen LogP contribution in [0.2, 0.25) is 0 Å². The molecule has 4 aliphatic heterocycles. The number of nitro groups is 1. The van der Waals surface area contributed by atoms with E-state index in [-0.39, 0.29) is 43.0 Å². The van der Waals surface area contributed by atoms with Crippen molar-refractivity contribution in [3.8, 4) is 0 Å². The number of likely N-dealkylation sites (tertiary alicyclic amines) is 1. The van der Waals surface area contributed by atoms with Crippen LogP contribution in [0.4, 0.5) is 5.69 Å². The number of benzene rings is 1. The molecule has 2 aromatic rings. The van der Waals surface area contributed by atoms with Gasteiger partial charge in [0.15, 0.2) is 12.6 Å². The Balaban J connectivity index is 1.22. The van der Waals surface area contributed by atoms with Crippen LogP contribution in [0.3, 0.4) is 0 Å². The van der Waals surface area contributed by atoms with Crippen LogP contribution in [0.5, 0.6) is 0 Å². The summed E-state index contributed by atoms with van der Waals surface area (Å²) in [6.07, 6.45) is -4.58. The molecule has 5 N–H and O–H groups in total. The lowest BCUT2D eigenvalue weighted by molar-refractivity contribution is -0.384. The van der Waals surface area contributed by atoms with Gasteiger partial charge in [0.2, 0.25) is 0 Å². The number of aliphatic hydroxyl groups excluding tert-OH is 3. The fraction of sp³-hybridized carbons (Fsp3) is 0.830. The van der Waals surface area contributed by atoms with Crippen molar-refractivity contribution in [1.82, 2.24) is 29.7 Å². The van der Waals surface area contributed by atoms with Gasteiger partial charge in [0.25, 0.3) is 5.69 Å². The minimum atomic E-state index is -1.84. The van der Waals surface area contributed by atoms with E-state index in [4.69, 9.17) is 28.4 Å². The zero-order valence-electron chi connectivity index (χ0n) is 46.2. The van der Waals surface area contributed by atoms with Crippen LogP contribution in [-0.2, 0) is 52.7 Å². The Kier molecular flexibility index (Phi) is 20.3. The van der Waals surface area contributed by atoms with E-state index >= 15 is 0 Å². The van der Waals surface area contributed by atoms with Crippen molar-refractivity contribution in [1.29, 1.82) is 0 Å². The van der Waals surface area contributed by atoms with Crippen LogP contribution < -0.4 is 0 Å². The molecule has 0 unspecified atom stereocenters. The van der Waals surface area contributed by atoms with Gasteiger partial charge in [-0.25, -0.2) is 0 Å². The van der Waals surface area contributed by atoms with Gasteiger partial charge in [0.05, 0.1) is 58.7 Å². The molecule has 21 heteroatoms. The summed E-state index contributed by atoms with van der Waals surface area (Å²) in [6.45, 7) is 20.8. The van der Waals surface area contributed by atoms with Gasteiger partial charge < -0.3 is 63.8 Å². The number of aliphatic hydroxyl groups is 5. The first-order valence-corrected chi connectivity index (χ1v) is 26.8. The minimum absolute atomic E-state index is 0.0725. The maximum atomic E-state index is 14.5. The zero-order valence-corrected chi connectivity index (χ0v) is 46.2. The molecule has 1 aromatic carbocycles. The molecule has 4 aliphatic rings. The molecule has 4 fully saturated rings. The highest BCUT2D eigenvalue weighted by molar-refractivity contribution is 5.73. The zero-order chi connectivity index (χ0) is 54.6. The van der Waals surface area contributed by atoms with Gasteiger partial charge in [-0.3, -0.25) is 24.5 Å². The summed E-state index contributed by atoms with van der Waals surface area (Å²) >= 11 is 0. The topological polar surface area (TPSA) is 257 Å². The van der Waals surface area contributed by atoms with Crippen molar-refractivity contribution in [3.63, 3.8) is 0 Å². The number of ether oxygens (including phenoxy) is 6. The standard InChI is InChI=1S/C53H89N7O14/c1-14-42-53(10,66)46(62)35(6)57(12)27-31(2)25-51(8,65)48(33(4)45(34(5)49(64)72-42)73-43-26-52(9,69-13)47(63)36(7)71-43)74-50-44(61)41(24-32(3)70-50)56(11)23-21-38-29-59(55-54-38)30-40-16-15-22-58(40)28-37-17-19-39(20-18-37)60(67)68/h17-20,29,31-36,40-48,50,61-63,65-66H,14-16,21-28,30H2,1-13H3/t31-,32-,33+,34-,35-,36+,40+,41+,42-,43+,44-,45+,46-,47+,48-,50+,51-,52-,53-/m1/s1. The Morgan fingerprint density at radius 2 is 1.68 bits per heavy atom. The van der Waals surface area contributed by atoms with E-state index in [1.165, 1.54) is 14.0 Å². The van der Waals surface area contributed by atoms with E-state index < -0.39 is 107 Å². The molecule has 5 heterocycles. The maximum Gasteiger partial charge on any atom is 0.311 e. The SMILES string of the molecule is CC[C@H]1OC(=O)[C@H](C)[C@@H](O[C@H]2C[C@@](C)(OC)[C@@H](O)[C@H](C)O2)[C@H](C)[C@@H](O[C@@H]2O[C@H](C)C[C@H](N(C)CCc3cn(C[C@@H]4CCCN4Cc4ccc([N+](=O)[O-])cc4)nn3)[C@H]2O)[C@](C)(O)C[C@@H](C)CN(C)[C@H](C)[C@@H](O)[C@]1(C)O. The lowest BCUT2D eigenvalue weighted by Crippen LogP contribution is -2.61. The first kappa shape index (κ1) is 59.9. The number of non-ortho nitro benzene ring substituents is 1. The summed E-state index contributed by atoms with van der Waals surface area (Å²) in [6, 6.07) is 5.93. The monoisotopic (exact) mass is 1050 g/mol. The van der Waals surface area contributed by atoms with Crippen molar-refractivity contribution in [2.45, 2.75) is 224 Å². The number of esters is 1. The van der Waals surface area contributed by atoms with Crippen LogP contribution in [0.25, 0.3) is 0 Å². The fourth-order valence-corrected chi connectivity index (χ4v) is 12.1. The average Bonchev–Trinajstić information content (AvgIpc) is 4.00. The predicted octanol–water partition coefficient (Wildman–Crippen LogP) is 3.68. The Hall–Kier alpha value is -3.29. The summed E-state index contributed by atoms with van der Waals surface area (Å²) in [4.78, 5) is 31.6. The minimum Gasteiger partial charge on any atom is -0.459 e. The molecular formula is C53H89N7O14. The number of hydrogen-bond donors (Lipinski definition) is 5. The Bertz CT molecular complexity index is 2120. The van der Waals surface area contributed by atoms with E-state index in [2.05, 4.69) is 20.1 Å². The third-order valence-electron chi connectivity index (χ3n) is 16.8. The number of nitro benzene ring substituents is 1. The molecule has 0 amide bonds. The molecular weight excluding hydrogens is 959 g/mol. The molecule has 21 nitrogen and oxygen atoms in total. The number of likely N-dealkylation sites (N-methyl/N-ethyl adjacent to an activating group) is 2. The molecule has 420 valence electrons. The number of hydrogen-bond acceptors (Lipinski definition) is 19. The highest BCUT2D eigenvalue weighted by Crippen LogP contribution is 2.40. The number of methoxy groups -OCH3 is 1. The molecule has 0 spiro atoms. The van der Waals surface area contributed by atoms with E-state index in [1.807, 2.05) is 62.8 Å². The number of carbonyl (C=O) groups excluding carboxylic acids is 1. The predicted molar refractivity (Wildman–Crippen MR) is 273 cm³/mol. The van der Waals surface area contributed by atoms with Crippen LogP contribution in [0.1, 0.15) is 119 Å². The smallest absolute Gasteiger partial charge is 0.311 e. The summed E-state index contributed by atoms with van der Waals surface area (Å²) in [7, 11) is 5.28. The number of aromatic nitrogens is 3. The van der Waals surface area contributed by atoms with E-state index in [0.29, 0.717) is 39.0 Å². The second kappa shape index (κ2) is 25.0. The Labute approximate surface area is 437 Å². The van der Waals surface area contributed by atoms with E-state index in [0.717, 1.165) is 30.6 Å². The van der Waals surface area contributed by atoms with Gasteiger partial charge in [0, 0.05) is 82.0 Å².